The summed E-state index contributed by atoms with van der Waals surface area (Å²) in [5.74, 6) is -0.218. The van der Waals surface area contributed by atoms with Crippen molar-refractivity contribution in [2.24, 2.45) is 5.92 Å². The summed E-state index contributed by atoms with van der Waals surface area (Å²) >= 11 is 0. The first-order valence-corrected chi connectivity index (χ1v) is 6.17. The molecular formula is C13H14N4O2. The van der Waals surface area contributed by atoms with Gasteiger partial charge in [-0.15, -0.1) is 0 Å². The molecule has 0 bridgehead atoms. The third-order valence-corrected chi connectivity index (χ3v) is 3.42. The van der Waals surface area contributed by atoms with Crippen molar-refractivity contribution < 1.29 is 9.90 Å². The van der Waals surface area contributed by atoms with E-state index in [4.69, 9.17) is 5.11 Å². The smallest absolute Gasteiger partial charge is 0.308 e. The summed E-state index contributed by atoms with van der Waals surface area (Å²) < 4.78 is 0. The van der Waals surface area contributed by atoms with Crippen LogP contribution in [0.4, 0.5) is 5.82 Å². The highest BCUT2D eigenvalue weighted by Gasteiger charge is 2.29. The van der Waals surface area contributed by atoms with E-state index in [1.54, 1.807) is 12.4 Å². The summed E-state index contributed by atoms with van der Waals surface area (Å²) in [5, 5.41) is 16.2. The number of H-pyrrole nitrogens is 1. The lowest BCUT2D eigenvalue weighted by atomic mass is 10.1. The summed E-state index contributed by atoms with van der Waals surface area (Å²) in [5.41, 5.74) is 1.93. The van der Waals surface area contributed by atoms with Crippen LogP contribution in [0.1, 0.15) is 6.42 Å². The van der Waals surface area contributed by atoms with E-state index < -0.39 is 5.97 Å². The van der Waals surface area contributed by atoms with Crippen LogP contribution in [0.5, 0.6) is 0 Å². The molecule has 6 heteroatoms. The molecule has 0 aromatic carbocycles. The third-order valence-electron chi connectivity index (χ3n) is 3.42. The van der Waals surface area contributed by atoms with Gasteiger partial charge in [-0.05, 0) is 18.6 Å². The van der Waals surface area contributed by atoms with Crippen LogP contribution in [0.2, 0.25) is 0 Å². The number of pyridine rings is 1. The Morgan fingerprint density at radius 1 is 1.42 bits per heavy atom. The molecule has 2 aromatic heterocycles. The zero-order valence-corrected chi connectivity index (χ0v) is 10.3. The largest absolute Gasteiger partial charge is 0.481 e. The van der Waals surface area contributed by atoms with Crippen LogP contribution in [-0.2, 0) is 4.79 Å². The van der Waals surface area contributed by atoms with Crippen LogP contribution in [0.15, 0.2) is 30.6 Å². The summed E-state index contributed by atoms with van der Waals surface area (Å²) in [6, 6.07) is 5.75. The van der Waals surface area contributed by atoms with Gasteiger partial charge in [-0.1, -0.05) is 0 Å². The molecule has 0 unspecified atom stereocenters. The first kappa shape index (κ1) is 11.7. The lowest BCUT2D eigenvalue weighted by Gasteiger charge is -2.13. The molecule has 1 aliphatic rings. The molecule has 0 radical (unpaired) electrons. The van der Waals surface area contributed by atoms with E-state index in [0.717, 1.165) is 23.6 Å². The summed E-state index contributed by atoms with van der Waals surface area (Å²) in [6.07, 6.45) is 4.13. The number of nitrogens with zero attached hydrogens (tertiary/aromatic N) is 3. The van der Waals surface area contributed by atoms with Gasteiger partial charge in [-0.25, -0.2) is 0 Å². The summed E-state index contributed by atoms with van der Waals surface area (Å²) in [7, 11) is 0. The van der Waals surface area contributed by atoms with Crippen LogP contribution in [0, 0.1) is 5.92 Å². The van der Waals surface area contributed by atoms with Gasteiger partial charge in [0.25, 0.3) is 0 Å². The highest BCUT2D eigenvalue weighted by atomic mass is 16.4. The topological polar surface area (TPSA) is 82.1 Å². The molecule has 3 rings (SSSR count). The number of anilines is 1. The number of nitrogens with one attached hydrogen (secondary N) is 1. The molecule has 2 aromatic rings. The number of carboxylic acid groups (broad SMARTS) is 1. The molecule has 3 heterocycles. The number of aliphatic carboxylic acids is 1. The second-order valence-electron chi connectivity index (χ2n) is 4.65. The lowest BCUT2D eigenvalue weighted by Crippen LogP contribution is -2.22. The number of aromatic nitrogens is 3. The molecule has 2 N–H and O–H groups in total. The van der Waals surface area contributed by atoms with Gasteiger partial charge in [0.15, 0.2) is 5.82 Å². The Kier molecular flexibility index (Phi) is 2.91. The Hall–Kier alpha value is -2.37. The van der Waals surface area contributed by atoms with E-state index in [-0.39, 0.29) is 5.92 Å². The second-order valence-corrected chi connectivity index (χ2v) is 4.65. The van der Waals surface area contributed by atoms with Crippen LogP contribution in [0.3, 0.4) is 0 Å². The molecular weight excluding hydrogens is 244 g/mol. The van der Waals surface area contributed by atoms with Crippen molar-refractivity contribution >= 4 is 11.8 Å². The molecule has 0 spiro atoms. The fourth-order valence-electron chi connectivity index (χ4n) is 2.32. The molecule has 0 amide bonds. The number of rotatable bonds is 3. The van der Waals surface area contributed by atoms with Crippen molar-refractivity contribution in [1.82, 2.24) is 15.2 Å². The Morgan fingerprint density at radius 2 is 2.21 bits per heavy atom. The van der Waals surface area contributed by atoms with Gasteiger partial charge >= 0.3 is 5.97 Å². The molecule has 0 aliphatic carbocycles. The standard InChI is InChI=1S/C13H14N4O2/c18-13(19)10-3-6-17(8-10)12-7-11(15-16-12)9-1-4-14-5-2-9/h1-2,4-5,7,10H,3,6,8H2,(H,15,16)(H,18,19)/t10-/m1/s1. The van der Waals surface area contributed by atoms with E-state index >= 15 is 0 Å². The summed E-state index contributed by atoms with van der Waals surface area (Å²) in [4.78, 5) is 16.9. The van der Waals surface area contributed by atoms with Gasteiger partial charge in [0.2, 0.25) is 0 Å². The zero-order valence-electron chi connectivity index (χ0n) is 10.3. The van der Waals surface area contributed by atoms with Gasteiger partial charge in [-0.2, -0.15) is 5.10 Å². The van der Waals surface area contributed by atoms with E-state index in [1.807, 2.05) is 23.1 Å². The average molecular weight is 258 g/mol. The monoisotopic (exact) mass is 258 g/mol. The summed E-state index contributed by atoms with van der Waals surface area (Å²) in [6.45, 7) is 1.26. The van der Waals surface area contributed by atoms with E-state index in [0.29, 0.717) is 13.0 Å². The van der Waals surface area contributed by atoms with Gasteiger partial charge in [0.05, 0.1) is 11.6 Å². The maximum Gasteiger partial charge on any atom is 0.308 e. The van der Waals surface area contributed by atoms with Crippen molar-refractivity contribution in [2.75, 3.05) is 18.0 Å². The van der Waals surface area contributed by atoms with E-state index in [2.05, 4.69) is 15.2 Å². The van der Waals surface area contributed by atoms with Crippen LogP contribution in [0.25, 0.3) is 11.3 Å². The SMILES string of the molecule is O=C(O)[C@@H]1CCN(c2cc(-c3ccncc3)[nH]n2)C1. The van der Waals surface area contributed by atoms with Gasteiger partial charge in [0.1, 0.15) is 0 Å². The van der Waals surface area contributed by atoms with Crippen molar-refractivity contribution in [3.05, 3.63) is 30.6 Å². The van der Waals surface area contributed by atoms with Crippen molar-refractivity contribution in [3.63, 3.8) is 0 Å². The van der Waals surface area contributed by atoms with Gasteiger partial charge in [0, 0.05) is 37.1 Å². The maximum absolute atomic E-state index is 10.9. The van der Waals surface area contributed by atoms with Crippen molar-refractivity contribution in [1.29, 1.82) is 0 Å². The van der Waals surface area contributed by atoms with Crippen LogP contribution >= 0.6 is 0 Å². The quantitative estimate of drug-likeness (QED) is 0.869. The van der Waals surface area contributed by atoms with Crippen LogP contribution < -0.4 is 4.90 Å². The van der Waals surface area contributed by atoms with E-state index in [9.17, 15) is 4.79 Å². The number of carbonyl (C=O) groups is 1. The van der Waals surface area contributed by atoms with Crippen molar-refractivity contribution in [3.8, 4) is 11.3 Å². The first-order valence-electron chi connectivity index (χ1n) is 6.17. The second kappa shape index (κ2) is 4.72. The predicted molar refractivity (Wildman–Crippen MR) is 69.8 cm³/mol. The predicted octanol–water partition coefficient (Wildman–Crippen LogP) is 1.38. The Labute approximate surface area is 110 Å². The molecule has 1 saturated heterocycles. The molecule has 1 fully saturated rings. The number of carboxylic acids is 1. The van der Waals surface area contributed by atoms with Crippen LogP contribution in [-0.4, -0.2) is 39.3 Å². The minimum atomic E-state index is -0.729. The molecule has 1 atom stereocenters. The van der Waals surface area contributed by atoms with E-state index in [1.165, 1.54) is 0 Å². The third kappa shape index (κ3) is 2.29. The fourth-order valence-corrected chi connectivity index (χ4v) is 2.32. The van der Waals surface area contributed by atoms with Crippen molar-refractivity contribution in [2.45, 2.75) is 6.42 Å². The Morgan fingerprint density at radius 3 is 2.89 bits per heavy atom. The minimum absolute atomic E-state index is 0.291. The molecule has 0 saturated carbocycles. The van der Waals surface area contributed by atoms with Gasteiger partial charge in [-0.3, -0.25) is 14.9 Å². The molecule has 1 aliphatic heterocycles. The number of hydrogen-bond acceptors (Lipinski definition) is 4. The normalized spacial score (nSPS) is 18.7. The first-order chi connectivity index (χ1) is 9.24. The van der Waals surface area contributed by atoms with Gasteiger partial charge < -0.3 is 10.0 Å². The maximum atomic E-state index is 10.9. The molecule has 98 valence electrons. The Bertz CT molecular complexity index is 581. The number of hydrogen-bond donors (Lipinski definition) is 2. The fraction of sp³-hybridized carbons (Fsp3) is 0.308. The number of aromatic amines is 1. The molecule has 19 heavy (non-hydrogen) atoms. The molecule has 6 nitrogen and oxygen atoms in total. The Balaban J connectivity index is 1.78. The highest BCUT2D eigenvalue weighted by Crippen LogP contribution is 2.26. The highest BCUT2D eigenvalue weighted by molar-refractivity contribution is 5.72. The minimum Gasteiger partial charge on any atom is -0.481 e. The lowest BCUT2D eigenvalue weighted by molar-refractivity contribution is -0.140. The zero-order chi connectivity index (χ0) is 13.2. The average Bonchev–Trinajstić information content (AvgIpc) is 3.09.